The molecule has 2 aliphatic rings. The minimum atomic E-state index is -0.481. The number of aromatic nitrogens is 3. The summed E-state index contributed by atoms with van der Waals surface area (Å²) >= 11 is 0. The molecule has 3 heterocycles. The number of nitrogens with zero attached hydrogens (tertiary/aromatic N) is 6. The van der Waals surface area contributed by atoms with Crippen LogP contribution in [-0.4, -0.2) is 68.4 Å². The van der Waals surface area contributed by atoms with Crippen LogP contribution < -0.4 is 5.73 Å². The molecule has 1 aromatic heterocycles. The number of amides is 1. The quantitative estimate of drug-likeness (QED) is 0.617. The van der Waals surface area contributed by atoms with Crippen LogP contribution in [0.25, 0.3) is 0 Å². The first-order chi connectivity index (χ1) is 12.8. The normalized spacial score (nSPS) is 18.9. The zero-order valence-corrected chi connectivity index (χ0v) is 16.6. The number of carbonyl (C=O) groups excluding carboxylic acids is 1. The molecule has 150 valence electrons. The fourth-order valence-corrected chi connectivity index (χ4v) is 3.36. The summed E-state index contributed by atoms with van der Waals surface area (Å²) in [7, 11) is 0. The monoisotopic (exact) mass is 377 g/mol. The predicted molar refractivity (Wildman–Crippen MR) is 102 cm³/mol. The molecular weight excluding hydrogens is 346 g/mol. The van der Waals surface area contributed by atoms with Crippen LogP contribution in [0.2, 0.25) is 0 Å². The second kappa shape index (κ2) is 8.14. The smallest absolute Gasteiger partial charge is 0.410 e. The molecule has 2 N–H and O–H groups in total. The van der Waals surface area contributed by atoms with Gasteiger partial charge in [-0.2, -0.15) is 0 Å². The molecule has 0 radical (unpaired) electrons. The first kappa shape index (κ1) is 19.4. The number of ether oxygens (including phenoxy) is 1. The Morgan fingerprint density at radius 3 is 2.48 bits per heavy atom. The van der Waals surface area contributed by atoms with Gasteiger partial charge in [0.05, 0.1) is 0 Å². The van der Waals surface area contributed by atoms with Gasteiger partial charge in [0, 0.05) is 39.1 Å². The summed E-state index contributed by atoms with van der Waals surface area (Å²) in [6, 6.07) is 0. The van der Waals surface area contributed by atoms with Gasteiger partial charge >= 0.3 is 6.09 Å². The molecule has 0 unspecified atom stereocenters. The number of piperazine rings is 1. The molecule has 1 amide bonds. The fraction of sp³-hybridized carbons (Fsp3) is 0.778. The highest BCUT2D eigenvalue weighted by atomic mass is 16.6. The van der Waals surface area contributed by atoms with Crippen LogP contribution in [0.5, 0.6) is 0 Å². The standard InChI is InChI=1S/C18H31N7O2/c1-18(2,3)27-17(26)24-11-9-23(10-12-24)16(19)20-13-15-22-21-14-7-5-4-6-8-25(14)15/h4-13H2,1-3H3,(H2,19,20). The molecule has 0 bridgehead atoms. The molecule has 3 rings (SSSR count). The molecule has 2 aliphatic heterocycles. The van der Waals surface area contributed by atoms with E-state index in [-0.39, 0.29) is 6.09 Å². The molecule has 0 aromatic carbocycles. The van der Waals surface area contributed by atoms with E-state index in [1.54, 1.807) is 4.90 Å². The Hall–Kier alpha value is -2.32. The maximum Gasteiger partial charge on any atom is 0.410 e. The van der Waals surface area contributed by atoms with Gasteiger partial charge in [-0.15, -0.1) is 10.2 Å². The van der Waals surface area contributed by atoms with Crippen molar-refractivity contribution in [2.24, 2.45) is 10.7 Å². The van der Waals surface area contributed by atoms with Crippen LogP contribution >= 0.6 is 0 Å². The molecule has 1 aromatic rings. The van der Waals surface area contributed by atoms with Gasteiger partial charge in [-0.05, 0) is 33.6 Å². The zero-order valence-electron chi connectivity index (χ0n) is 16.6. The summed E-state index contributed by atoms with van der Waals surface area (Å²) in [6.45, 7) is 9.45. The van der Waals surface area contributed by atoms with Gasteiger partial charge in [0.15, 0.2) is 11.8 Å². The second-order valence-electron chi connectivity index (χ2n) is 8.12. The molecule has 0 saturated carbocycles. The van der Waals surface area contributed by atoms with Crippen molar-refractivity contribution in [1.82, 2.24) is 24.6 Å². The van der Waals surface area contributed by atoms with E-state index >= 15 is 0 Å². The number of nitrogens with two attached hydrogens (primary N) is 1. The first-order valence-electron chi connectivity index (χ1n) is 9.77. The highest BCUT2D eigenvalue weighted by molar-refractivity contribution is 5.78. The van der Waals surface area contributed by atoms with E-state index in [0.29, 0.717) is 38.7 Å². The lowest BCUT2D eigenvalue weighted by atomic mass is 10.2. The number of aliphatic imine (C=N–C) groups is 1. The molecule has 1 fully saturated rings. The number of rotatable bonds is 2. The summed E-state index contributed by atoms with van der Waals surface area (Å²) in [5.74, 6) is 2.43. The minimum absolute atomic E-state index is 0.274. The van der Waals surface area contributed by atoms with Crippen LogP contribution in [0.3, 0.4) is 0 Å². The van der Waals surface area contributed by atoms with E-state index in [1.807, 2.05) is 25.7 Å². The van der Waals surface area contributed by atoms with E-state index in [4.69, 9.17) is 10.5 Å². The number of fused-ring (bicyclic) bond motifs is 1. The molecule has 0 spiro atoms. The maximum atomic E-state index is 12.1. The van der Waals surface area contributed by atoms with Gasteiger partial charge < -0.3 is 24.8 Å². The first-order valence-corrected chi connectivity index (χ1v) is 9.77. The third kappa shape index (κ3) is 5.11. The topological polar surface area (TPSA) is 102 Å². The van der Waals surface area contributed by atoms with E-state index in [2.05, 4.69) is 19.8 Å². The highest BCUT2D eigenvalue weighted by Crippen LogP contribution is 2.15. The summed E-state index contributed by atoms with van der Waals surface area (Å²) in [4.78, 5) is 20.4. The molecule has 9 nitrogen and oxygen atoms in total. The van der Waals surface area contributed by atoms with Crippen LogP contribution in [0, 0.1) is 0 Å². The lowest BCUT2D eigenvalue weighted by molar-refractivity contribution is 0.0186. The molecular formula is C18H31N7O2. The van der Waals surface area contributed by atoms with Crippen LogP contribution in [0.1, 0.15) is 51.7 Å². The lowest BCUT2D eigenvalue weighted by Crippen LogP contribution is -2.53. The Morgan fingerprint density at radius 2 is 1.78 bits per heavy atom. The van der Waals surface area contributed by atoms with Crippen molar-refractivity contribution in [3.8, 4) is 0 Å². The zero-order chi connectivity index (χ0) is 19.4. The number of aryl methyl sites for hydroxylation is 1. The molecule has 27 heavy (non-hydrogen) atoms. The van der Waals surface area contributed by atoms with Crippen molar-refractivity contribution < 1.29 is 9.53 Å². The summed E-state index contributed by atoms with van der Waals surface area (Å²) in [6.07, 6.45) is 4.27. The predicted octanol–water partition coefficient (Wildman–Crippen LogP) is 1.37. The van der Waals surface area contributed by atoms with Crippen molar-refractivity contribution >= 4 is 12.1 Å². The Bertz CT molecular complexity index is 684. The number of hydrogen-bond donors (Lipinski definition) is 1. The SMILES string of the molecule is CC(C)(C)OC(=O)N1CCN(C(N)=NCc2nnc3n2CCCCC3)CC1. The van der Waals surface area contributed by atoms with E-state index in [1.165, 1.54) is 12.8 Å². The molecule has 9 heteroatoms. The van der Waals surface area contributed by atoms with Crippen molar-refractivity contribution in [2.75, 3.05) is 26.2 Å². The van der Waals surface area contributed by atoms with Crippen molar-refractivity contribution in [3.05, 3.63) is 11.6 Å². The van der Waals surface area contributed by atoms with Crippen molar-refractivity contribution in [3.63, 3.8) is 0 Å². The Balaban J connectivity index is 1.53. The third-order valence-corrected chi connectivity index (χ3v) is 4.82. The van der Waals surface area contributed by atoms with E-state index in [9.17, 15) is 4.79 Å². The van der Waals surface area contributed by atoms with Crippen molar-refractivity contribution in [1.29, 1.82) is 0 Å². The molecule has 1 saturated heterocycles. The highest BCUT2D eigenvalue weighted by Gasteiger charge is 2.26. The Morgan fingerprint density at radius 1 is 1.07 bits per heavy atom. The van der Waals surface area contributed by atoms with Gasteiger partial charge in [0.25, 0.3) is 0 Å². The van der Waals surface area contributed by atoms with Crippen LogP contribution in [0.4, 0.5) is 4.79 Å². The van der Waals surface area contributed by atoms with Crippen LogP contribution in [0.15, 0.2) is 4.99 Å². The molecule has 0 atom stereocenters. The summed E-state index contributed by atoms with van der Waals surface area (Å²) < 4.78 is 7.61. The fourth-order valence-electron chi connectivity index (χ4n) is 3.36. The van der Waals surface area contributed by atoms with Gasteiger partial charge in [-0.3, -0.25) is 0 Å². The third-order valence-electron chi connectivity index (χ3n) is 4.82. The van der Waals surface area contributed by atoms with Crippen molar-refractivity contribution in [2.45, 2.75) is 65.1 Å². The molecule has 0 aliphatic carbocycles. The van der Waals surface area contributed by atoms with E-state index < -0.39 is 5.60 Å². The van der Waals surface area contributed by atoms with Gasteiger partial charge in [0.1, 0.15) is 18.0 Å². The van der Waals surface area contributed by atoms with E-state index in [0.717, 1.165) is 31.0 Å². The van der Waals surface area contributed by atoms with Crippen LogP contribution in [-0.2, 0) is 24.2 Å². The largest absolute Gasteiger partial charge is 0.444 e. The lowest BCUT2D eigenvalue weighted by Gasteiger charge is -2.36. The summed E-state index contributed by atoms with van der Waals surface area (Å²) in [5, 5.41) is 8.59. The number of carbonyl (C=O) groups is 1. The van der Waals surface area contributed by atoms with Gasteiger partial charge in [-0.1, -0.05) is 6.42 Å². The minimum Gasteiger partial charge on any atom is -0.444 e. The van der Waals surface area contributed by atoms with Gasteiger partial charge in [0.2, 0.25) is 0 Å². The second-order valence-corrected chi connectivity index (χ2v) is 8.12. The Kier molecular flexibility index (Phi) is 5.86. The number of hydrogen-bond acceptors (Lipinski definition) is 5. The summed E-state index contributed by atoms with van der Waals surface area (Å²) in [5.41, 5.74) is 5.70. The Labute approximate surface area is 160 Å². The average molecular weight is 377 g/mol. The van der Waals surface area contributed by atoms with Gasteiger partial charge in [-0.25, -0.2) is 9.79 Å². The maximum absolute atomic E-state index is 12.1. The average Bonchev–Trinajstić information content (AvgIpc) is 2.84. The number of guanidine groups is 1.